The van der Waals surface area contributed by atoms with E-state index in [4.69, 9.17) is 6.42 Å². The Kier molecular flexibility index (Phi) is 6.44. The van der Waals surface area contributed by atoms with Crippen molar-refractivity contribution in [3.8, 4) is 12.3 Å². The highest BCUT2D eigenvalue weighted by Crippen LogP contribution is 2.09. The largest absolute Gasteiger partial charge is 0.120 e. The van der Waals surface area contributed by atoms with Crippen LogP contribution in [-0.4, -0.2) is 0 Å². The molecule has 1 unspecified atom stereocenters. The smallest absolute Gasteiger partial charge is 0.0299 e. The Bertz CT molecular complexity index is 238. The molecule has 0 fully saturated rings. The first-order valence-electron chi connectivity index (χ1n) is 3.89. The van der Waals surface area contributed by atoms with E-state index in [1.54, 1.807) is 0 Å². The molecule has 0 aromatic carbocycles. The highest BCUT2D eigenvalue weighted by molar-refractivity contribution is 7.22. The Labute approximate surface area is 77.6 Å². The fourth-order valence-corrected chi connectivity index (χ4v) is 0.921. The van der Waals surface area contributed by atoms with Crippen molar-refractivity contribution in [2.24, 2.45) is 0 Å². The Morgan fingerprint density at radius 3 is 2.75 bits per heavy atom. The van der Waals surface area contributed by atoms with Gasteiger partial charge in [-0.05, 0) is 18.7 Å². The van der Waals surface area contributed by atoms with Crippen molar-refractivity contribution in [1.29, 1.82) is 0 Å². The van der Waals surface area contributed by atoms with E-state index in [1.807, 2.05) is 13.0 Å². The van der Waals surface area contributed by atoms with Crippen molar-refractivity contribution < 1.29 is 0 Å². The quantitative estimate of drug-likeness (QED) is 0.268. The van der Waals surface area contributed by atoms with E-state index in [0.29, 0.717) is 0 Å². The normalized spacial score (nSPS) is 11.6. The lowest BCUT2D eigenvalue weighted by molar-refractivity contribution is 1.12. The third-order valence-electron chi connectivity index (χ3n) is 1.45. The van der Waals surface area contributed by atoms with Crippen LogP contribution in [0.4, 0.5) is 0 Å². The summed E-state index contributed by atoms with van der Waals surface area (Å²) in [5.41, 5.74) is 1.28. The van der Waals surface area contributed by atoms with Gasteiger partial charge < -0.3 is 0 Å². The van der Waals surface area contributed by atoms with Gasteiger partial charge in [-0.15, -0.1) is 21.6 Å². The highest BCUT2D eigenvalue weighted by atomic mass is 31.0. The van der Waals surface area contributed by atoms with Crippen molar-refractivity contribution in [2.45, 2.75) is 19.8 Å². The zero-order valence-corrected chi connectivity index (χ0v) is 8.66. The molecule has 0 aromatic rings. The Hall–Kier alpha value is -0.790. The first kappa shape index (κ1) is 11.2. The van der Waals surface area contributed by atoms with Gasteiger partial charge in [0.05, 0.1) is 0 Å². The van der Waals surface area contributed by atoms with Crippen molar-refractivity contribution in [3.63, 3.8) is 0 Å². The molecule has 0 aliphatic rings. The van der Waals surface area contributed by atoms with Gasteiger partial charge in [-0.25, -0.2) is 0 Å². The van der Waals surface area contributed by atoms with E-state index in [9.17, 15) is 0 Å². The lowest BCUT2D eigenvalue weighted by Gasteiger charge is -1.96. The third-order valence-corrected chi connectivity index (χ3v) is 1.64. The van der Waals surface area contributed by atoms with Crippen LogP contribution in [0.5, 0.6) is 0 Å². The predicted octanol–water partition coefficient (Wildman–Crippen LogP) is 3.29. The predicted molar refractivity (Wildman–Crippen MR) is 59.8 cm³/mol. The number of allylic oxidation sites excluding steroid dienone is 5. The maximum Gasteiger partial charge on any atom is 0.0299 e. The minimum atomic E-state index is 0.740. The van der Waals surface area contributed by atoms with Crippen LogP contribution >= 0.6 is 9.24 Å². The van der Waals surface area contributed by atoms with Gasteiger partial charge in [-0.3, -0.25) is 0 Å². The molecule has 12 heavy (non-hydrogen) atoms. The summed E-state index contributed by atoms with van der Waals surface area (Å²) in [4.78, 5) is 0. The molecular weight excluding hydrogens is 163 g/mol. The molecule has 0 saturated carbocycles. The van der Waals surface area contributed by atoms with Gasteiger partial charge in [0.2, 0.25) is 0 Å². The summed E-state index contributed by atoms with van der Waals surface area (Å²) in [5.74, 6) is 2.63. The second-order valence-corrected chi connectivity index (χ2v) is 3.25. The maximum absolute atomic E-state index is 5.20. The first-order valence-corrected chi connectivity index (χ1v) is 4.47. The topological polar surface area (TPSA) is 0 Å². The molecule has 1 atom stereocenters. The minimum absolute atomic E-state index is 0.740. The standard InChI is InChI=1S/C11H15P/c1-4-7-11(5-2)9-6-8-10(3)12/h1,5-6,8H,3,7,9,12H2,2H3/b8-6-,11-5-. The molecule has 0 bridgehead atoms. The van der Waals surface area contributed by atoms with Crippen LogP contribution in [-0.2, 0) is 0 Å². The second kappa shape index (κ2) is 6.89. The van der Waals surface area contributed by atoms with Crippen molar-refractivity contribution >= 4 is 9.24 Å². The van der Waals surface area contributed by atoms with Crippen molar-refractivity contribution in [2.75, 3.05) is 0 Å². The van der Waals surface area contributed by atoms with Crippen LogP contribution in [0.3, 0.4) is 0 Å². The van der Waals surface area contributed by atoms with Crippen LogP contribution in [0, 0.1) is 12.3 Å². The average Bonchev–Trinajstić information content (AvgIpc) is 2.02. The van der Waals surface area contributed by atoms with Crippen LogP contribution in [0.2, 0.25) is 0 Å². The Morgan fingerprint density at radius 1 is 1.67 bits per heavy atom. The minimum Gasteiger partial charge on any atom is -0.120 e. The van der Waals surface area contributed by atoms with Crippen LogP contribution in [0.1, 0.15) is 19.8 Å². The molecule has 0 aromatic heterocycles. The molecule has 0 nitrogen and oxygen atoms in total. The van der Waals surface area contributed by atoms with Crippen molar-refractivity contribution in [1.82, 2.24) is 0 Å². The monoisotopic (exact) mass is 178 g/mol. The molecule has 0 radical (unpaired) electrons. The fraction of sp³-hybridized carbons (Fsp3) is 0.273. The number of terminal acetylenes is 1. The van der Waals surface area contributed by atoms with Crippen LogP contribution in [0.15, 0.2) is 35.7 Å². The summed E-state index contributed by atoms with van der Waals surface area (Å²) in [6.07, 6.45) is 13.0. The Morgan fingerprint density at radius 2 is 2.33 bits per heavy atom. The molecule has 0 aliphatic heterocycles. The number of rotatable bonds is 4. The molecule has 0 amide bonds. The van der Waals surface area contributed by atoms with Crippen LogP contribution < -0.4 is 0 Å². The molecule has 0 saturated heterocycles. The zero-order valence-electron chi connectivity index (χ0n) is 7.51. The van der Waals surface area contributed by atoms with E-state index < -0.39 is 0 Å². The number of hydrogen-bond donors (Lipinski definition) is 0. The summed E-state index contributed by atoms with van der Waals surface area (Å²) < 4.78 is 0. The second-order valence-electron chi connectivity index (χ2n) is 2.51. The van der Waals surface area contributed by atoms with E-state index >= 15 is 0 Å². The van der Waals surface area contributed by atoms with E-state index in [2.05, 4.69) is 33.9 Å². The first-order chi connectivity index (χ1) is 5.70. The molecule has 0 rings (SSSR count). The van der Waals surface area contributed by atoms with Crippen molar-refractivity contribution in [3.05, 3.63) is 35.7 Å². The maximum atomic E-state index is 5.20. The SMILES string of the molecule is C#CC/C(=C/C)C/C=C\C(=C)P. The van der Waals surface area contributed by atoms with Gasteiger partial charge in [0.25, 0.3) is 0 Å². The average molecular weight is 178 g/mol. The fourth-order valence-electron chi connectivity index (χ4n) is 0.785. The van der Waals surface area contributed by atoms with Crippen LogP contribution in [0.25, 0.3) is 0 Å². The molecule has 0 heterocycles. The molecule has 0 spiro atoms. The zero-order chi connectivity index (χ0) is 9.40. The summed E-state index contributed by atoms with van der Waals surface area (Å²) >= 11 is 0. The molecule has 0 N–H and O–H groups in total. The molecular formula is C11H15P. The lowest BCUT2D eigenvalue weighted by atomic mass is 10.1. The van der Waals surface area contributed by atoms with Gasteiger partial charge in [-0.2, -0.15) is 0 Å². The molecule has 1 heteroatoms. The van der Waals surface area contributed by atoms with Gasteiger partial charge in [0.15, 0.2) is 0 Å². The molecule has 64 valence electrons. The number of hydrogen-bond acceptors (Lipinski definition) is 0. The lowest BCUT2D eigenvalue weighted by Crippen LogP contribution is -1.77. The summed E-state index contributed by atoms with van der Waals surface area (Å²) in [6.45, 7) is 5.75. The van der Waals surface area contributed by atoms with E-state index in [0.717, 1.165) is 18.2 Å². The summed E-state index contributed by atoms with van der Waals surface area (Å²) in [7, 11) is 2.54. The van der Waals surface area contributed by atoms with Gasteiger partial charge in [0, 0.05) is 6.42 Å². The van der Waals surface area contributed by atoms with E-state index in [1.165, 1.54) is 5.57 Å². The Balaban J connectivity index is 3.91. The summed E-state index contributed by atoms with van der Waals surface area (Å²) in [5, 5.41) is 0.992. The summed E-state index contributed by atoms with van der Waals surface area (Å²) in [6, 6.07) is 0. The third kappa shape index (κ3) is 5.96. The van der Waals surface area contributed by atoms with Gasteiger partial charge in [0.1, 0.15) is 0 Å². The molecule has 0 aliphatic carbocycles. The van der Waals surface area contributed by atoms with E-state index in [-0.39, 0.29) is 0 Å². The van der Waals surface area contributed by atoms with Gasteiger partial charge in [-0.1, -0.05) is 30.4 Å². The van der Waals surface area contributed by atoms with Gasteiger partial charge >= 0.3 is 0 Å². The highest BCUT2D eigenvalue weighted by Gasteiger charge is 1.88.